The first-order valence-electron chi connectivity index (χ1n) is 3.99. The van der Waals surface area contributed by atoms with Crippen LogP contribution in [-0.4, -0.2) is 6.04 Å². The predicted molar refractivity (Wildman–Crippen MR) is 54.2 cm³/mol. The Morgan fingerprint density at radius 3 is 2.83 bits per heavy atom. The zero-order valence-corrected chi connectivity index (χ0v) is 8.19. The van der Waals surface area contributed by atoms with Crippen LogP contribution in [0.2, 0.25) is 0 Å². The summed E-state index contributed by atoms with van der Waals surface area (Å²) >= 11 is 1.75. The summed E-state index contributed by atoms with van der Waals surface area (Å²) in [7, 11) is 0. The minimum absolute atomic E-state index is 0.141. The third-order valence-electron chi connectivity index (χ3n) is 1.72. The van der Waals surface area contributed by atoms with Gasteiger partial charge in [-0.1, -0.05) is 12.0 Å². The smallest absolute Gasteiger partial charge is 0.0663 e. The Morgan fingerprint density at radius 1 is 1.58 bits per heavy atom. The molecule has 2 atom stereocenters. The Morgan fingerprint density at radius 2 is 2.33 bits per heavy atom. The van der Waals surface area contributed by atoms with E-state index in [1.807, 2.05) is 6.92 Å². The van der Waals surface area contributed by atoms with Gasteiger partial charge < -0.3 is 0 Å². The predicted octanol–water partition coefficient (Wildman–Crippen LogP) is 2.42. The van der Waals surface area contributed by atoms with Crippen molar-refractivity contribution in [1.82, 2.24) is 5.32 Å². The number of nitrogens with one attached hydrogen (secondary N) is 1. The quantitative estimate of drug-likeness (QED) is 0.703. The molecule has 12 heavy (non-hydrogen) atoms. The van der Waals surface area contributed by atoms with Crippen molar-refractivity contribution in [2.75, 3.05) is 0 Å². The molecule has 0 aliphatic rings. The van der Waals surface area contributed by atoms with Gasteiger partial charge in [0.1, 0.15) is 0 Å². The van der Waals surface area contributed by atoms with Gasteiger partial charge in [-0.3, -0.25) is 5.32 Å². The minimum atomic E-state index is 0.141. The lowest BCUT2D eigenvalue weighted by Crippen LogP contribution is -2.26. The Balaban J connectivity index is 2.51. The highest BCUT2D eigenvalue weighted by molar-refractivity contribution is 7.10. The molecule has 1 aromatic rings. The van der Waals surface area contributed by atoms with Crippen molar-refractivity contribution in [1.29, 1.82) is 0 Å². The summed E-state index contributed by atoms with van der Waals surface area (Å²) in [6.07, 6.45) is 5.26. The fourth-order valence-corrected chi connectivity index (χ4v) is 1.79. The van der Waals surface area contributed by atoms with E-state index in [-0.39, 0.29) is 6.04 Å². The molecule has 0 fully saturated rings. The summed E-state index contributed by atoms with van der Waals surface area (Å²) in [5, 5.41) is 5.38. The van der Waals surface area contributed by atoms with E-state index in [9.17, 15) is 0 Å². The molecule has 1 aromatic heterocycles. The molecule has 0 spiro atoms. The molecule has 1 heterocycles. The van der Waals surface area contributed by atoms with Gasteiger partial charge in [-0.25, -0.2) is 0 Å². The largest absolute Gasteiger partial charge is 0.296 e. The number of hydrogen-bond donors (Lipinski definition) is 1. The van der Waals surface area contributed by atoms with E-state index in [4.69, 9.17) is 6.42 Å². The minimum Gasteiger partial charge on any atom is -0.296 e. The third kappa shape index (κ3) is 2.37. The van der Waals surface area contributed by atoms with Crippen LogP contribution in [0.3, 0.4) is 0 Å². The van der Waals surface area contributed by atoms with Crippen LogP contribution in [0.15, 0.2) is 17.5 Å². The number of rotatable bonds is 3. The lowest BCUT2D eigenvalue weighted by Gasteiger charge is -2.14. The van der Waals surface area contributed by atoms with E-state index in [0.717, 1.165) is 0 Å². The topological polar surface area (TPSA) is 12.0 Å². The molecule has 0 saturated heterocycles. The molecule has 1 rings (SSSR count). The fraction of sp³-hybridized carbons (Fsp3) is 0.400. The van der Waals surface area contributed by atoms with Crippen LogP contribution in [0.5, 0.6) is 0 Å². The van der Waals surface area contributed by atoms with Gasteiger partial charge in [0.05, 0.1) is 6.04 Å². The molecule has 0 bridgehead atoms. The number of thiophene rings is 1. The maximum Gasteiger partial charge on any atom is 0.0663 e. The molecule has 64 valence electrons. The van der Waals surface area contributed by atoms with Gasteiger partial charge in [-0.05, 0) is 25.3 Å². The highest BCUT2D eigenvalue weighted by Crippen LogP contribution is 2.18. The average Bonchev–Trinajstić information content (AvgIpc) is 2.56. The van der Waals surface area contributed by atoms with Gasteiger partial charge in [0.2, 0.25) is 0 Å². The second kappa shape index (κ2) is 4.30. The maximum atomic E-state index is 5.26. The summed E-state index contributed by atoms with van der Waals surface area (Å²) in [5.41, 5.74) is 0. The Kier molecular flexibility index (Phi) is 3.33. The van der Waals surface area contributed by atoms with Gasteiger partial charge in [-0.2, -0.15) is 0 Å². The van der Waals surface area contributed by atoms with Crippen LogP contribution >= 0.6 is 11.3 Å². The van der Waals surface area contributed by atoms with Crippen molar-refractivity contribution in [3.8, 4) is 12.3 Å². The van der Waals surface area contributed by atoms with E-state index in [2.05, 4.69) is 35.7 Å². The van der Waals surface area contributed by atoms with Gasteiger partial charge >= 0.3 is 0 Å². The van der Waals surface area contributed by atoms with Gasteiger partial charge in [-0.15, -0.1) is 17.8 Å². The van der Waals surface area contributed by atoms with Crippen molar-refractivity contribution in [2.45, 2.75) is 25.9 Å². The average molecular weight is 179 g/mol. The van der Waals surface area contributed by atoms with E-state index >= 15 is 0 Å². The van der Waals surface area contributed by atoms with Gasteiger partial charge in [0.25, 0.3) is 0 Å². The van der Waals surface area contributed by atoms with Gasteiger partial charge in [0, 0.05) is 10.9 Å². The van der Waals surface area contributed by atoms with Crippen LogP contribution in [0.1, 0.15) is 24.8 Å². The molecule has 1 nitrogen and oxygen atoms in total. The van der Waals surface area contributed by atoms with Crippen molar-refractivity contribution in [3.05, 3.63) is 22.4 Å². The van der Waals surface area contributed by atoms with Crippen LogP contribution in [0.4, 0.5) is 0 Å². The second-order valence-electron chi connectivity index (χ2n) is 2.79. The zero-order valence-electron chi connectivity index (χ0n) is 7.37. The Labute approximate surface area is 77.8 Å². The summed E-state index contributed by atoms with van der Waals surface area (Å²) in [5.74, 6) is 2.65. The maximum absolute atomic E-state index is 5.26. The van der Waals surface area contributed by atoms with E-state index in [1.165, 1.54) is 4.88 Å². The summed E-state index contributed by atoms with van der Waals surface area (Å²) in [4.78, 5) is 1.33. The van der Waals surface area contributed by atoms with Crippen LogP contribution < -0.4 is 5.32 Å². The summed E-state index contributed by atoms with van der Waals surface area (Å²) < 4.78 is 0. The van der Waals surface area contributed by atoms with Crippen molar-refractivity contribution < 1.29 is 0 Å². The summed E-state index contributed by atoms with van der Waals surface area (Å²) in [6, 6.07) is 4.67. The highest BCUT2D eigenvalue weighted by Gasteiger charge is 2.07. The summed E-state index contributed by atoms with van der Waals surface area (Å²) in [6.45, 7) is 4.11. The molecule has 0 radical (unpaired) electrons. The molecule has 2 unspecified atom stereocenters. The van der Waals surface area contributed by atoms with Crippen molar-refractivity contribution in [3.63, 3.8) is 0 Å². The highest BCUT2D eigenvalue weighted by atomic mass is 32.1. The Bertz CT molecular complexity index is 258. The lowest BCUT2D eigenvalue weighted by molar-refractivity contribution is 0.553. The zero-order chi connectivity index (χ0) is 8.97. The molecule has 2 heteroatoms. The SMILES string of the molecule is C#CC(C)NC(C)c1cccs1. The molecule has 0 aliphatic heterocycles. The van der Waals surface area contributed by atoms with E-state index < -0.39 is 0 Å². The van der Waals surface area contributed by atoms with Crippen LogP contribution in [0, 0.1) is 12.3 Å². The first-order valence-corrected chi connectivity index (χ1v) is 4.87. The van der Waals surface area contributed by atoms with Crippen molar-refractivity contribution in [2.24, 2.45) is 0 Å². The molecule has 0 amide bonds. The van der Waals surface area contributed by atoms with E-state index in [1.54, 1.807) is 11.3 Å². The van der Waals surface area contributed by atoms with E-state index in [0.29, 0.717) is 6.04 Å². The lowest BCUT2D eigenvalue weighted by atomic mass is 10.2. The third-order valence-corrected chi connectivity index (χ3v) is 2.77. The molecular formula is C10H13NS. The molecule has 0 saturated carbocycles. The molecule has 0 aromatic carbocycles. The van der Waals surface area contributed by atoms with Crippen molar-refractivity contribution >= 4 is 11.3 Å². The molecular weight excluding hydrogens is 166 g/mol. The second-order valence-corrected chi connectivity index (χ2v) is 3.77. The number of terminal acetylenes is 1. The number of hydrogen-bond acceptors (Lipinski definition) is 2. The monoisotopic (exact) mass is 179 g/mol. The van der Waals surface area contributed by atoms with Crippen LogP contribution in [-0.2, 0) is 0 Å². The normalized spacial score (nSPS) is 15.1. The standard InChI is InChI=1S/C10H13NS/c1-4-8(2)11-9(3)10-6-5-7-12-10/h1,5-9,11H,2-3H3. The van der Waals surface area contributed by atoms with Crippen LogP contribution in [0.25, 0.3) is 0 Å². The molecule has 0 aliphatic carbocycles. The fourth-order valence-electron chi connectivity index (χ4n) is 1.04. The Hall–Kier alpha value is -0.780. The first-order chi connectivity index (χ1) is 5.74. The molecule has 1 N–H and O–H groups in total. The van der Waals surface area contributed by atoms with Gasteiger partial charge in [0.15, 0.2) is 0 Å². The first kappa shape index (κ1) is 9.31.